The van der Waals surface area contributed by atoms with Crippen LogP contribution in [0.15, 0.2) is 72.4 Å². The molecule has 2 aromatic carbocycles. The Bertz CT molecular complexity index is 1120. The summed E-state index contributed by atoms with van der Waals surface area (Å²) in [7, 11) is 0. The van der Waals surface area contributed by atoms with Gasteiger partial charge in [0, 0.05) is 29.4 Å². The van der Waals surface area contributed by atoms with E-state index in [0.29, 0.717) is 40.6 Å². The largest absolute Gasteiger partial charge is 0.353 e. The topological polar surface area (TPSA) is 88.9 Å². The van der Waals surface area contributed by atoms with Gasteiger partial charge in [0.2, 0.25) is 5.91 Å². The first-order valence-corrected chi connectivity index (χ1v) is 12.6. The van der Waals surface area contributed by atoms with Gasteiger partial charge in [0.1, 0.15) is 0 Å². The Morgan fingerprint density at radius 3 is 2.47 bits per heavy atom. The minimum Gasteiger partial charge on any atom is -0.353 e. The third kappa shape index (κ3) is 6.14. The van der Waals surface area contributed by atoms with E-state index in [-0.39, 0.29) is 11.8 Å². The van der Waals surface area contributed by atoms with Crippen molar-refractivity contribution in [2.24, 2.45) is 0 Å². The van der Waals surface area contributed by atoms with Crippen molar-refractivity contribution in [2.75, 3.05) is 11.1 Å². The smallest absolute Gasteiger partial charge is 0.255 e. The van der Waals surface area contributed by atoms with Gasteiger partial charge in [-0.2, -0.15) is 0 Å². The van der Waals surface area contributed by atoms with Crippen LogP contribution in [0.1, 0.15) is 42.5 Å². The minimum absolute atomic E-state index is 0.0325. The Labute approximate surface area is 204 Å². The summed E-state index contributed by atoms with van der Waals surface area (Å²) < 4.78 is 1.95. The summed E-state index contributed by atoms with van der Waals surface area (Å²) in [6.45, 7) is 4.38. The lowest BCUT2D eigenvalue weighted by atomic mass is 9.95. The predicted octanol–water partition coefficient (Wildman–Crippen LogP) is 4.92. The molecular formula is C26H29N5O2S. The molecule has 2 amide bonds. The highest BCUT2D eigenvalue weighted by atomic mass is 32.2. The highest BCUT2D eigenvalue weighted by molar-refractivity contribution is 7.99. The van der Waals surface area contributed by atoms with Gasteiger partial charge in [-0.15, -0.1) is 16.8 Å². The lowest BCUT2D eigenvalue weighted by Gasteiger charge is -2.22. The number of nitrogens with one attached hydrogen (secondary N) is 2. The maximum absolute atomic E-state index is 12.4. The van der Waals surface area contributed by atoms with E-state index >= 15 is 0 Å². The summed E-state index contributed by atoms with van der Waals surface area (Å²) in [4.78, 5) is 24.8. The van der Waals surface area contributed by atoms with Crippen molar-refractivity contribution in [1.29, 1.82) is 0 Å². The molecule has 3 aromatic rings. The van der Waals surface area contributed by atoms with Crippen LogP contribution in [0, 0.1) is 0 Å². The molecule has 4 rings (SSSR count). The fourth-order valence-electron chi connectivity index (χ4n) is 4.04. The second kappa shape index (κ2) is 11.7. The molecule has 0 radical (unpaired) electrons. The SMILES string of the molecule is C=CCn1c(SCC(=O)NC2CCCCC2)nnc1-c1ccc(NC(=O)c2ccccc2)cc1. The second-order valence-corrected chi connectivity index (χ2v) is 9.24. The Hall–Kier alpha value is -3.39. The van der Waals surface area contributed by atoms with E-state index in [9.17, 15) is 9.59 Å². The highest BCUT2D eigenvalue weighted by Gasteiger charge is 2.18. The second-order valence-electron chi connectivity index (χ2n) is 8.29. The molecule has 1 aliphatic carbocycles. The Morgan fingerprint density at radius 1 is 1.03 bits per heavy atom. The molecule has 1 heterocycles. The number of benzene rings is 2. The molecule has 0 aliphatic heterocycles. The van der Waals surface area contributed by atoms with Crippen LogP contribution in [0.25, 0.3) is 11.4 Å². The number of aromatic nitrogens is 3. The summed E-state index contributed by atoms with van der Waals surface area (Å²) in [5.74, 6) is 0.866. The molecule has 8 heteroatoms. The Morgan fingerprint density at radius 2 is 1.76 bits per heavy atom. The summed E-state index contributed by atoms with van der Waals surface area (Å²) >= 11 is 1.38. The molecule has 1 aromatic heterocycles. The highest BCUT2D eigenvalue weighted by Crippen LogP contribution is 2.26. The summed E-state index contributed by atoms with van der Waals surface area (Å²) in [6.07, 6.45) is 7.54. The number of hydrogen-bond acceptors (Lipinski definition) is 5. The molecule has 1 saturated carbocycles. The maximum atomic E-state index is 12.4. The minimum atomic E-state index is -0.159. The molecule has 0 spiro atoms. The quantitative estimate of drug-likeness (QED) is 0.339. The van der Waals surface area contributed by atoms with E-state index in [0.717, 1.165) is 18.4 Å². The van der Waals surface area contributed by atoms with Crippen LogP contribution in [0.3, 0.4) is 0 Å². The average Bonchev–Trinajstić information content (AvgIpc) is 3.27. The molecule has 2 N–H and O–H groups in total. The first kappa shape index (κ1) is 23.8. The third-order valence-electron chi connectivity index (χ3n) is 5.77. The zero-order valence-corrected chi connectivity index (χ0v) is 19.9. The number of carbonyl (C=O) groups is 2. The molecule has 7 nitrogen and oxygen atoms in total. The van der Waals surface area contributed by atoms with E-state index in [4.69, 9.17) is 0 Å². The number of thioether (sulfide) groups is 1. The fraction of sp³-hybridized carbons (Fsp3) is 0.308. The van der Waals surface area contributed by atoms with Crippen molar-refractivity contribution in [3.8, 4) is 11.4 Å². The van der Waals surface area contributed by atoms with Crippen molar-refractivity contribution in [1.82, 2.24) is 20.1 Å². The zero-order valence-electron chi connectivity index (χ0n) is 19.1. The van der Waals surface area contributed by atoms with Gasteiger partial charge in [-0.3, -0.25) is 14.2 Å². The van der Waals surface area contributed by atoms with Gasteiger partial charge >= 0.3 is 0 Å². The van der Waals surface area contributed by atoms with E-state index in [1.165, 1.54) is 31.0 Å². The molecule has 0 atom stereocenters. The zero-order chi connectivity index (χ0) is 23.8. The van der Waals surface area contributed by atoms with Gasteiger partial charge in [-0.25, -0.2) is 0 Å². The monoisotopic (exact) mass is 475 g/mol. The van der Waals surface area contributed by atoms with Gasteiger partial charge < -0.3 is 10.6 Å². The molecule has 176 valence electrons. The van der Waals surface area contributed by atoms with Crippen LogP contribution in [0.2, 0.25) is 0 Å². The fourth-order valence-corrected chi connectivity index (χ4v) is 4.80. The standard InChI is InChI=1S/C26H29N5O2S/c1-2-17-31-24(29-30-26(31)34-18-23(32)27-21-11-7-4-8-12-21)19-13-15-22(16-14-19)28-25(33)20-9-5-3-6-10-20/h2-3,5-6,9-10,13-16,21H,1,4,7-8,11-12,17-18H2,(H,27,32)(H,28,33). The molecule has 1 fully saturated rings. The lowest BCUT2D eigenvalue weighted by Crippen LogP contribution is -2.37. The summed E-state index contributed by atoms with van der Waals surface area (Å²) in [5.41, 5.74) is 2.17. The number of carbonyl (C=O) groups excluding carboxylic acids is 2. The lowest BCUT2D eigenvalue weighted by molar-refractivity contribution is -0.119. The van der Waals surface area contributed by atoms with Crippen LogP contribution in [-0.2, 0) is 11.3 Å². The number of rotatable bonds is 9. The van der Waals surface area contributed by atoms with Crippen LogP contribution in [-0.4, -0.2) is 38.4 Å². The Kier molecular flexibility index (Phi) is 8.14. The number of anilines is 1. The normalized spacial score (nSPS) is 13.9. The van der Waals surface area contributed by atoms with E-state index < -0.39 is 0 Å². The first-order valence-electron chi connectivity index (χ1n) is 11.6. The average molecular weight is 476 g/mol. The number of nitrogens with zero attached hydrogens (tertiary/aromatic N) is 3. The molecule has 1 aliphatic rings. The summed E-state index contributed by atoms with van der Waals surface area (Å²) in [5, 5.41) is 15.4. The molecule has 34 heavy (non-hydrogen) atoms. The predicted molar refractivity (Wildman–Crippen MR) is 136 cm³/mol. The Balaban J connectivity index is 1.40. The van der Waals surface area contributed by atoms with E-state index in [2.05, 4.69) is 27.4 Å². The molecular weight excluding hydrogens is 446 g/mol. The van der Waals surface area contributed by atoms with Gasteiger partial charge in [0.05, 0.1) is 5.75 Å². The van der Waals surface area contributed by atoms with Crippen LogP contribution in [0.4, 0.5) is 5.69 Å². The molecule has 0 bridgehead atoms. The van der Waals surface area contributed by atoms with E-state index in [1.807, 2.05) is 47.0 Å². The van der Waals surface area contributed by atoms with Crippen molar-refractivity contribution in [2.45, 2.75) is 49.8 Å². The summed E-state index contributed by atoms with van der Waals surface area (Å²) in [6, 6.07) is 16.9. The number of amides is 2. The van der Waals surface area contributed by atoms with Gasteiger partial charge in [-0.05, 0) is 49.2 Å². The van der Waals surface area contributed by atoms with Crippen molar-refractivity contribution in [3.63, 3.8) is 0 Å². The van der Waals surface area contributed by atoms with E-state index in [1.54, 1.807) is 18.2 Å². The number of hydrogen-bond donors (Lipinski definition) is 2. The third-order valence-corrected chi connectivity index (χ3v) is 6.73. The van der Waals surface area contributed by atoms with Gasteiger partial charge in [-0.1, -0.05) is 55.3 Å². The molecule has 0 saturated heterocycles. The van der Waals surface area contributed by atoms with Gasteiger partial charge in [0.15, 0.2) is 11.0 Å². The van der Waals surface area contributed by atoms with Crippen molar-refractivity contribution >= 4 is 29.3 Å². The van der Waals surface area contributed by atoms with Crippen LogP contribution in [0.5, 0.6) is 0 Å². The first-order chi connectivity index (χ1) is 16.6. The van der Waals surface area contributed by atoms with Crippen LogP contribution >= 0.6 is 11.8 Å². The van der Waals surface area contributed by atoms with Crippen molar-refractivity contribution in [3.05, 3.63) is 72.8 Å². The van der Waals surface area contributed by atoms with Crippen LogP contribution < -0.4 is 10.6 Å². The van der Waals surface area contributed by atoms with Gasteiger partial charge in [0.25, 0.3) is 5.91 Å². The number of allylic oxidation sites excluding steroid dienone is 1. The van der Waals surface area contributed by atoms with Crippen molar-refractivity contribution < 1.29 is 9.59 Å². The maximum Gasteiger partial charge on any atom is 0.255 e. The molecule has 0 unspecified atom stereocenters.